The number of thiophene rings is 1. The maximum absolute atomic E-state index is 13.9. The van der Waals surface area contributed by atoms with Gasteiger partial charge in [0.1, 0.15) is 10.0 Å². The first kappa shape index (κ1) is 25.0. The standard InChI is InChI=1S/C29H30N4O3S2/c1-32-15-14-30-27(32)19-33(29(34)25-18-23(25)20-7-3-2-4-8-20)22-13-12-21-9-5-10-26(24(21)17-22)31-38(35,36)28-11-6-16-37-28/h2-4,6-8,11-17,23,25-26,31H,5,9-10,18-19H2,1H3/t23-,25-,26+/m1/s1. The summed E-state index contributed by atoms with van der Waals surface area (Å²) < 4.78 is 31.3. The molecule has 0 aliphatic heterocycles. The van der Waals surface area contributed by atoms with Crippen LogP contribution in [0.1, 0.15) is 53.7 Å². The van der Waals surface area contributed by atoms with E-state index < -0.39 is 10.0 Å². The fourth-order valence-electron chi connectivity index (χ4n) is 5.46. The van der Waals surface area contributed by atoms with E-state index in [2.05, 4.69) is 27.9 Å². The van der Waals surface area contributed by atoms with Crippen molar-refractivity contribution in [2.45, 2.75) is 48.4 Å². The lowest BCUT2D eigenvalue weighted by molar-refractivity contribution is -0.120. The average Bonchev–Trinajstić information content (AvgIpc) is 3.30. The highest BCUT2D eigenvalue weighted by molar-refractivity contribution is 7.91. The lowest BCUT2D eigenvalue weighted by Crippen LogP contribution is -2.34. The number of hydrogen-bond donors (Lipinski definition) is 1. The van der Waals surface area contributed by atoms with Crippen molar-refractivity contribution in [3.8, 4) is 0 Å². The number of carbonyl (C=O) groups excluding carboxylic acids is 1. The van der Waals surface area contributed by atoms with E-state index in [1.807, 2.05) is 53.0 Å². The van der Waals surface area contributed by atoms with E-state index in [4.69, 9.17) is 0 Å². The molecule has 6 rings (SSSR count). The van der Waals surface area contributed by atoms with E-state index in [0.29, 0.717) is 17.2 Å². The van der Waals surface area contributed by atoms with Gasteiger partial charge in [-0.1, -0.05) is 42.5 Å². The van der Waals surface area contributed by atoms with Crippen molar-refractivity contribution in [2.24, 2.45) is 13.0 Å². The van der Waals surface area contributed by atoms with Crippen LogP contribution >= 0.6 is 11.3 Å². The molecule has 2 heterocycles. The molecule has 2 aromatic carbocycles. The zero-order valence-electron chi connectivity index (χ0n) is 21.2. The number of carbonyl (C=O) groups is 1. The number of imidazole rings is 1. The summed E-state index contributed by atoms with van der Waals surface area (Å²) in [5.74, 6) is 1.01. The summed E-state index contributed by atoms with van der Waals surface area (Å²) in [6, 6.07) is 19.3. The number of nitrogens with zero attached hydrogens (tertiary/aromatic N) is 3. The van der Waals surface area contributed by atoms with Gasteiger partial charge in [0.15, 0.2) is 0 Å². The van der Waals surface area contributed by atoms with E-state index in [1.54, 1.807) is 23.7 Å². The Kier molecular flexibility index (Phi) is 6.67. The van der Waals surface area contributed by atoms with Crippen LogP contribution in [0.3, 0.4) is 0 Å². The summed E-state index contributed by atoms with van der Waals surface area (Å²) in [7, 11) is -1.69. The highest BCUT2D eigenvalue weighted by Gasteiger charge is 2.46. The Morgan fingerprint density at radius 2 is 2.00 bits per heavy atom. The molecule has 1 amide bonds. The molecule has 2 aromatic heterocycles. The highest BCUT2D eigenvalue weighted by Crippen LogP contribution is 2.49. The molecule has 0 spiro atoms. The van der Waals surface area contributed by atoms with Crippen molar-refractivity contribution in [3.63, 3.8) is 0 Å². The van der Waals surface area contributed by atoms with Crippen LogP contribution in [-0.2, 0) is 34.8 Å². The minimum Gasteiger partial charge on any atom is -0.337 e. The van der Waals surface area contributed by atoms with Gasteiger partial charge in [0.05, 0.1) is 6.54 Å². The smallest absolute Gasteiger partial charge is 0.250 e. The predicted octanol–water partition coefficient (Wildman–Crippen LogP) is 5.17. The minimum atomic E-state index is -3.62. The van der Waals surface area contributed by atoms with E-state index >= 15 is 0 Å². The molecular weight excluding hydrogens is 516 g/mol. The minimum absolute atomic E-state index is 0.0772. The Hall–Kier alpha value is -3.27. The number of sulfonamides is 1. The van der Waals surface area contributed by atoms with Crippen LogP contribution in [0.2, 0.25) is 0 Å². The second kappa shape index (κ2) is 10.1. The Bertz CT molecular complexity index is 1550. The lowest BCUT2D eigenvalue weighted by Gasteiger charge is -2.29. The van der Waals surface area contributed by atoms with Gasteiger partial charge in [0.2, 0.25) is 5.91 Å². The summed E-state index contributed by atoms with van der Waals surface area (Å²) in [5, 5.41) is 1.77. The van der Waals surface area contributed by atoms with Gasteiger partial charge >= 0.3 is 0 Å². The SMILES string of the molecule is Cn1ccnc1CN(C(=O)[C@@H]1C[C@@H]1c1ccccc1)c1ccc2c(c1)[C@@H](NS(=O)(=O)c1cccs1)CCC2. The summed E-state index contributed by atoms with van der Waals surface area (Å²) in [6.07, 6.45) is 6.95. The van der Waals surface area contributed by atoms with E-state index in [1.165, 1.54) is 16.9 Å². The molecule has 2 aliphatic rings. The normalized spacial score (nSPS) is 20.6. The van der Waals surface area contributed by atoms with Crippen LogP contribution in [0.5, 0.6) is 0 Å². The van der Waals surface area contributed by atoms with Crippen LogP contribution < -0.4 is 9.62 Å². The number of fused-ring (bicyclic) bond motifs is 1. The molecule has 0 saturated heterocycles. The Morgan fingerprint density at radius 3 is 2.74 bits per heavy atom. The fourth-order valence-corrected chi connectivity index (χ4v) is 7.72. The summed E-state index contributed by atoms with van der Waals surface area (Å²) in [4.78, 5) is 20.2. The van der Waals surface area contributed by atoms with Crippen molar-refractivity contribution in [3.05, 3.63) is 101 Å². The lowest BCUT2D eigenvalue weighted by atomic mass is 9.87. The summed E-state index contributed by atoms with van der Waals surface area (Å²) in [6.45, 7) is 0.352. The molecule has 38 heavy (non-hydrogen) atoms. The molecular formula is C29H30N4O3S2. The Labute approximate surface area is 227 Å². The van der Waals surface area contributed by atoms with Crippen LogP contribution in [0.4, 0.5) is 5.69 Å². The fraction of sp³-hybridized carbons (Fsp3) is 0.310. The maximum Gasteiger partial charge on any atom is 0.250 e. The molecule has 4 aromatic rings. The molecule has 7 nitrogen and oxygen atoms in total. The molecule has 0 unspecified atom stereocenters. The van der Waals surface area contributed by atoms with Crippen LogP contribution in [0, 0.1) is 5.92 Å². The van der Waals surface area contributed by atoms with Crippen molar-refractivity contribution >= 4 is 33.0 Å². The molecule has 1 N–H and O–H groups in total. The van der Waals surface area contributed by atoms with Gasteiger partial charge < -0.3 is 9.47 Å². The predicted molar refractivity (Wildman–Crippen MR) is 148 cm³/mol. The second-order valence-electron chi connectivity index (χ2n) is 10.1. The van der Waals surface area contributed by atoms with Gasteiger partial charge in [0, 0.05) is 37.1 Å². The number of rotatable bonds is 8. The molecule has 9 heteroatoms. The number of anilines is 1. The molecule has 1 saturated carbocycles. The van der Waals surface area contributed by atoms with E-state index in [0.717, 1.165) is 41.9 Å². The Morgan fingerprint density at radius 1 is 1.16 bits per heavy atom. The van der Waals surface area contributed by atoms with Gasteiger partial charge in [-0.25, -0.2) is 18.1 Å². The quantitative estimate of drug-likeness (QED) is 0.330. The van der Waals surface area contributed by atoms with Crippen molar-refractivity contribution in [1.29, 1.82) is 0 Å². The Balaban J connectivity index is 1.32. The number of benzene rings is 2. The average molecular weight is 547 g/mol. The maximum atomic E-state index is 13.9. The van der Waals surface area contributed by atoms with E-state index in [-0.39, 0.29) is 23.8 Å². The number of aromatic nitrogens is 2. The number of amides is 1. The first-order chi connectivity index (χ1) is 18.4. The number of hydrogen-bond acceptors (Lipinski definition) is 5. The van der Waals surface area contributed by atoms with Crippen molar-refractivity contribution < 1.29 is 13.2 Å². The van der Waals surface area contributed by atoms with Gasteiger partial charge in [-0.3, -0.25) is 4.79 Å². The molecule has 2 aliphatic carbocycles. The van der Waals surface area contributed by atoms with Crippen molar-refractivity contribution in [2.75, 3.05) is 4.90 Å². The van der Waals surface area contributed by atoms with Gasteiger partial charge in [-0.2, -0.15) is 0 Å². The first-order valence-electron chi connectivity index (χ1n) is 12.9. The second-order valence-corrected chi connectivity index (χ2v) is 13.0. The zero-order valence-corrected chi connectivity index (χ0v) is 22.8. The topological polar surface area (TPSA) is 84.3 Å². The largest absolute Gasteiger partial charge is 0.337 e. The van der Waals surface area contributed by atoms with Gasteiger partial charge in [-0.05, 0) is 71.9 Å². The van der Waals surface area contributed by atoms with Crippen molar-refractivity contribution in [1.82, 2.24) is 14.3 Å². The number of nitrogens with one attached hydrogen (secondary N) is 1. The van der Waals surface area contributed by atoms with Crippen LogP contribution in [0.15, 0.2) is 82.6 Å². The zero-order chi connectivity index (χ0) is 26.3. The summed E-state index contributed by atoms with van der Waals surface area (Å²) >= 11 is 1.21. The summed E-state index contributed by atoms with van der Waals surface area (Å²) in [5.41, 5.74) is 4.03. The molecule has 196 valence electrons. The monoisotopic (exact) mass is 546 g/mol. The third-order valence-electron chi connectivity index (χ3n) is 7.63. The van der Waals surface area contributed by atoms with E-state index in [9.17, 15) is 13.2 Å². The molecule has 1 fully saturated rings. The first-order valence-corrected chi connectivity index (χ1v) is 15.3. The van der Waals surface area contributed by atoms with Gasteiger partial charge in [-0.15, -0.1) is 11.3 Å². The van der Waals surface area contributed by atoms with Gasteiger partial charge in [0.25, 0.3) is 10.0 Å². The highest BCUT2D eigenvalue weighted by atomic mass is 32.2. The molecule has 3 atom stereocenters. The third-order valence-corrected chi connectivity index (χ3v) is 10.5. The molecule has 0 radical (unpaired) electrons. The van der Waals surface area contributed by atoms with Crippen LogP contribution in [0.25, 0.3) is 0 Å². The van der Waals surface area contributed by atoms with Crippen LogP contribution in [-0.4, -0.2) is 23.9 Å². The third kappa shape index (κ3) is 4.93. The molecule has 0 bridgehead atoms. The number of aryl methyl sites for hydroxylation is 2.